The molecule has 0 atom stereocenters. The number of hydrogen-bond acceptors (Lipinski definition) is 4. The van der Waals surface area contributed by atoms with Gasteiger partial charge in [0, 0.05) is 12.1 Å². The quantitative estimate of drug-likeness (QED) is 0.443. The lowest BCUT2D eigenvalue weighted by molar-refractivity contribution is -0.113. The maximum Gasteiger partial charge on any atom is 0.275 e. The van der Waals surface area contributed by atoms with Crippen molar-refractivity contribution < 1.29 is 4.79 Å². The minimum atomic E-state index is -0.161. The van der Waals surface area contributed by atoms with Gasteiger partial charge in [0.2, 0.25) is 0 Å². The lowest BCUT2D eigenvalue weighted by atomic mass is 10.1. The monoisotopic (exact) mass is 417 g/mol. The topological polar surface area (TPSA) is 54.7 Å². The summed E-state index contributed by atoms with van der Waals surface area (Å²) >= 11 is 1.31. The first-order valence-electron chi connectivity index (χ1n) is 10.6. The summed E-state index contributed by atoms with van der Waals surface area (Å²) in [5.41, 5.74) is 3.69. The van der Waals surface area contributed by atoms with Gasteiger partial charge in [0.05, 0.1) is 22.3 Å². The Labute approximate surface area is 178 Å². The van der Waals surface area contributed by atoms with Crippen LogP contribution in [0.4, 0.5) is 5.69 Å². The van der Waals surface area contributed by atoms with Crippen LogP contribution in [-0.2, 0) is 4.79 Å². The second kappa shape index (κ2) is 7.69. The molecule has 6 heteroatoms. The normalized spacial score (nSPS) is 15.5. The SMILES string of the molecule is CCCCCCCN1C(=O)C(=c2sc3nc4ccccc4n3c2=O)c2ccccc21. The molecule has 2 aromatic carbocycles. The van der Waals surface area contributed by atoms with Gasteiger partial charge >= 0.3 is 0 Å². The van der Waals surface area contributed by atoms with Crippen molar-refractivity contribution >= 4 is 44.5 Å². The Hall–Kier alpha value is -2.99. The molecular formula is C24H23N3O2S. The molecule has 5 rings (SSSR count). The number of imidazole rings is 1. The van der Waals surface area contributed by atoms with Gasteiger partial charge in [-0.05, 0) is 24.6 Å². The van der Waals surface area contributed by atoms with Crippen molar-refractivity contribution in [2.75, 3.05) is 11.4 Å². The van der Waals surface area contributed by atoms with E-state index in [-0.39, 0.29) is 11.5 Å². The minimum Gasteiger partial charge on any atom is -0.308 e. The summed E-state index contributed by atoms with van der Waals surface area (Å²) in [5.74, 6) is -0.0717. The van der Waals surface area contributed by atoms with E-state index < -0.39 is 0 Å². The van der Waals surface area contributed by atoms with Crippen LogP contribution < -0.4 is 15.0 Å². The maximum atomic E-state index is 13.4. The molecule has 0 saturated carbocycles. The van der Waals surface area contributed by atoms with E-state index in [0.29, 0.717) is 21.6 Å². The van der Waals surface area contributed by atoms with E-state index in [0.717, 1.165) is 35.1 Å². The fourth-order valence-electron chi connectivity index (χ4n) is 4.26. The van der Waals surface area contributed by atoms with Crippen LogP contribution >= 0.6 is 11.3 Å². The zero-order valence-corrected chi connectivity index (χ0v) is 17.7. The number of hydrogen-bond donors (Lipinski definition) is 0. The van der Waals surface area contributed by atoms with Crippen LogP contribution in [0.5, 0.6) is 0 Å². The van der Waals surface area contributed by atoms with Crippen LogP contribution in [0.25, 0.3) is 21.6 Å². The molecule has 0 spiro atoms. The van der Waals surface area contributed by atoms with Crippen LogP contribution in [0.15, 0.2) is 53.3 Å². The van der Waals surface area contributed by atoms with Crippen molar-refractivity contribution in [1.29, 1.82) is 0 Å². The largest absolute Gasteiger partial charge is 0.308 e. The molecule has 5 nitrogen and oxygen atoms in total. The third-order valence-corrected chi connectivity index (χ3v) is 6.80. The second-order valence-corrected chi connectivity index (χ2v) is 8.70. The first kappa shape index (κ1) is 19.0. The van der Waals surface area contributed by atoms with Crippen LogP contribution in [-0.4, -0.2) is 21.8 Å². The van der Waals surface area contributed by atoms with E-state index >= 15 is 0 Å². The van der Waals surface area contributed by atoms with E-state index in [1.165, 1.54) is 30.6 Å². The minimum absolute atomic E-state index is 0.0717. The highest BCUT2D eigenvalue weighted by molar-refractivity contribution is 7.15. The molecular weight excluding hydrogens is 394 g/mol. The zero-order chi connectivity index (χ0) is 20.7. The third-order valence-electron chi connectivity index (χ3n) is 5.76. The van der Waals surface area contributed by atoms with Gasteiger partial charge in [0.25, 0.3) is 11.5 Å². The number of unbranched alkanes of at least 4 members (excludes halogenated alkanes) is 4. The molecule has 1 amide bonds. The van der Waals surface area contributed by atoms with Gasteiger partial charge in [-0.15, -0.1) is 0 Å². The summed E-state index contributed by atoms with van der Waals surface area (Å²) < 4.78 is 2.11. The molecule has 0 unspecified atom stereocenters. The molecule has 0 bridgehead atoms. The summed E-state index contributed by atoms with van der Waals surface area (Å²) in [7, 11) is 0. The predicted octanol–water partition coefficient (Wildman–Crippen LogP) is 4.14. The molecule has 1 aliphatic heterocycles. The number of carbonyl (C=O) groups is 1. The second-order valence-electron chi connectivity index (χ2n) is 7.72. The van der Waals surface area contributed by atoms with Gasteiger partial charge in [-0.25, -0.2) is 9.38 Å². The highest BCUT2D eigenvalue weighted by Gasteiger charge is 2.33. The molecule has 30 heavy (non-hydrogen) atoms. The first-order valence-corrected chi connectivity index (χ1v) is 11.4. The molecule has 2 aromatic heterocycles. The zero-order valence-electron chi connectivity index (χ0n) is 16.9. The van der Waals surface area contributed by atoms with Gasteiger partial charge in [-0.2, -0.15) is 0 Å². The van der Waals surface area contributed by atoms with Gasteiger partial charge in [-0.3, -0.25) is 9.59 Å². The van der Waals surface area contributed by atoms with Crippen LogP contribution in [0.1, 0.15) is 44.6 Å². The van der Waals surface area contributed by atoms with Crippen molar-refractivity contribution in [2.45, 2.75) is 39.0 Å². The van der Waals surface area contributed by atoms with E-state index in [1.807, 2.05) is 53.4 Å². The smallest absolute Gasteiger partial charge is 0.275 e. The van der Waals surface area contributed by atoms with Gasteiger partial charge in [-0.1, -0.05) is 74.3 Å². The van der Waals surface area contributed by atoms with Crippen LogP contribution in [0.2, 0.25) is 0 Å². The number of benzene rings is 2. The summed E-state index contributed by atoms with van der Waals surface area (Å²) in [6.07, 6.45) is 5.70. The Bertz CT molecular complexity index is 1370. The van der Waals surface area contributed by atoms with E-state index in [1.54, 1.807) is 4.40 Å². The first-order chi connectivity index (χ1) is 14.7. The molecule has 152 valence electrons. The standard InChI is InChI=1S/C24H23N3O2S/c1-2-3-4-5-10-15-26-18-13-8-6-11-16(18)20(22(26)28)21-23(29)27-19-14-9-7-12-17(19)25-24(27)30-21/h6-9,11-14H,2-5,10,15H2,1H3. The number of nitrogens with zero attached hydrogens (tertiary/aromatic N) is 3. The molecule has 0 saturated heterocycles. The van der Waals surface area contributed by atoms with Crippen molar-refractivity contribution in [3.05, 3.63) is 69.0 Å². The number of rotatable bonds is 6. The van der Waals surface area contributed by atoms with Crippen molar-refractivity contribution in [1.82, 2.24) is 9.38 Å². The predicted molar refractivity (Wildman–Crippen MR) is 122 cm³/mol. The number of fused-ring (bicyclic) bond motifs is 4. The van der Waals surface area contributed by atoms with E-state index in [4.69, 9.17) is 0 Å². The highest BCUT2D eigenvalue weighted by Crippen LogP contribution is 2.35. The molecule has 4 aromatic rings. The molecule has 0 aliphatic carbocycles. The molecule has 0 radical (unpaired) electrons. The fraction of sp³-hybridized carbons (Fsp3) is 0.292. The van der Waals surface area contributed by atoms with Crippen molar-refractivity contribution in [3.8, 4) is 0 Å². The molecule has 0 fully saturated rings. The van der Waals surface area contributed by atoms with Crippen LogP contribution in [0, 0.1) is 0 Å². The van der Waals surface area contributed by atoms with Gasteiger partial charge in [0.1, 0.15) is 4.53 Å². The van der Waals surface area contributed by atoms with Crippen LogP contribution in [0.3, 0.4) is 0 Å². The molecule has 1 aliphatic rings. The fourth-order valence-corrected chi connectivity index (χ4v) is 5.33. The van der Waals surface area contributed by atoms with E-state index in [2.05, 4.69) is 11.9 Å². The molecule has 3 heterocycles. The summed E-state index contributed by atoms with van der Waals surface area (Å²) in [6, 6.07) is 15.4. The maximum absolute atomic E-state index is 13.4. The van der Waals surface area contributed by atoms with Gasteiger partial charge in [0.15, 0.2) is 4.96 Å². The number of para-hydroxylation sites is 3. The third kappa shape index (κ3) is 2.94. The Morgan fingerprint density at radius 3 is 2.57 bits per heavy atom. The number of anilines is 1. The Kier molecular flexibility index (Phi) is 4.87. The van der Waals surface area contributed by atoms with Crippen molar-refractivity contribution in [2.24, 2.45) is 0 Å². The average molecular weight is 418 g/mol. The van der Waals surface area contributed by atoms with Crippen molar-refractivity contribution in [3.63, 3.8) is 0 Å². The average Bonchev–Trinajstić information content (AvgIpc) is 3.37. The number of carbonyl (C=O) groups excluding carboxylic acids is 1. The number of amides is 1. The summed E-state index contributed by atoms with van der Waals surface area (Å²) in [4.78, 5) is 33.8. The highest BCUT2D eigenvalue weighted by atomic mass is 32.1. The Morgan fingerprint density at radius 1 is 0.933 bits per heavy atom. The van der Waals surface area contributed by atoms with Gasteiger partial charge < -0.3 is 4.90 Å². The Morgan fingerprint density at radius 2 is 1.70 bits per heavy atom. The summed E-state index contributed by atoms with van der Waals surface area (Å²) in [6.45, 7) is 2.88. The Balaban J connectivity index is 1.62. The lowest BCUT2D eigenvalue weighted by Gasteiger charge is -2.16. The summed E-state index contributed by atoms with van der Waals surface area (Å²) in [5, 5.41) is 0. The molecule has 0 N–H and O–H groups in total. The lowest BCUT2D eigenvalue weighted by Crippen LogP contribution is -2.32. The number of thiazole rings is 1. The number of aromatic nitrogens is 2. The van der Waals surface area contributed by atoms with E-state index in [9.17, 15) is 9.59 Å².